The highest BCUT2D eigenvalue weighted by Gasteiger charge is 2.20. The van der Waals surface area contributed by atoms with Gasteiger partial charge in [0.1, 0.15) is 0 Å². The van der Waals surface area contributed by atoms with Crippen LogP contribution in [0.3, 0.4) is 0 Å². The number of piperidine rings is 1. The molecule has 1 rings (SSSR count). The number of nitrogens with zero attached hydrogens (tertiary/aromatic N) is 2. The molecule has 56 valence electrons. The first kappa shape index (κ1) is 7.40. The molecule has 0 radical (unpaired) electrons. The van der Waals surface area contributed by atoms with E-state index in [4.69, 9.17) is 5.26 Å². The van der Waals surface area contributed by atoms with Crippen molar-refractivity contribution >= 4 is 0 Å². The Labute approximate surface area is 62.4 Å². The minimum Gasteiger partial charge on any atom is -0.310 e. The monoisotopic (exact) mass is 138 g/mol. The Kier molecular flexibility index (Phi) is 2.16. The molecule has 0 amide bonds. The summed E-state index contributed by atoms with van der Waals surface area (Å²) >= 11 is 0. The minimum absolute atomic E-state index is 0.698. The third-order valence-corrected chi connectivity index (χ3v) is 2.01. The number of likely N-dealkylation sites (tertiary alicyclic amines) is 1. The molecule has 1 aliphatic heterocycles. The van der Waals surface area contributed by atoms with E-state index in [-0.39, 0.29) is 0 Å². The third kappa shape index (κ3) is 1.63. The number of hydrogen-bond donors (Lipinski definition) is 0. The van der Waals surface area contributed by atoms with Crippen LogP contribution in [0.2, 0.25) is 0 Å². The van der Waals surface area contributed by atoms with Gasteiger partial charge in [-0.25, -0.2) is 0 Å². The summed E-state index contributed by atoms with van der Waals surface area (Å²) in [7, 11) is 0. The summed E-state index contributed by atoms with van der Waals surface area (Å²) in [5, 5.41) is 8.60. The zero-order chi connectivity index (χ0) is 7.56. The molecule has 0 aromatic carbocycles. The van der Waals surface area contributed by atoms with E-state index in [2.05, 4.69) is 20.0 Å². The molecule has 1 heterocycles. The molecule has 0 spiro atoms. The van der Waals surface area contributed by atoms with Gasteiger partial charge >= 0.3 is 0 Å². The van der Waals surface area contributed by atoms with Crippen molar-refractivity contribution in [2.75, 3.05) is 13.1 Å². The molecule has 0 aromatic rings. The van der Waals surface area contributed by atoms with Crippen molar-refractivity contribution in [2.24, 2.45) is 11.8 Å². The second-order valence-electron chi connectivity index (χ2n) is 3.45. The quantitative estimate of drug-likeness (QED) is 0.474. The molecule has 1 fully saturated rings. The maximum Gasteiger partial charge on any atom is 0.179 e. The smallest absolute Gasteiger partial charge is 0.179 e. The lowest BCUT2D eigenvalue weighted by Gasteiger charge is -2.30. The summed E-state index contributed by atoms with van der Waals surface area (Å²) in [6.07, 6.45) is 3.47. The standard InChI is InChI=1S/C8H14N2/c1-7-3-8(2)5-10(4-7)6-9/h7-8H,3-5H2,1-2H3. The fourth-order valence-corrected chi connectivity index (χ4v) is 1.74. The molecule has 0 aromatic heterocycles. The first-order chi connectivity index (χ1) is 4.72. The van der Waals surface area contributed by atoms with Crippen molar-refractivity contribution in [1.29, 1.82) is 5.26 Å². The van der Waals surface area contributed by atoms with E-state index >= 15 is 0 Å². The molecule has 0 N–H and O–H groups in total. The number of hydrogen-bond acceptors (Lipinski definition) is 2. The average Bonchev–Trinajstić information content (AvgIpc) is 1.85. The largest absolute Gasteiger partial charge is 0.310 e. The third-order valence-electron chi connectivity index (χ3n) is 2.01. The maximum atomic E-state index is 8.60. The lowest BCUT2D eigenvalue weighted by Crippen LogP contribution is -2.35. The molecule has 2 nitrogen and oxygen atoms in total. The Morgan fingerprint density at radius 2 is 1.80 bits per heavy atom. The maximum absolute atomic E-state index is 8.60. The van der Waals surface area contributed by atoms with E-state index in [9.17, 15) is 0 Å². The van der Waals surface area contributed by atoms with Crippen molar-refractivity contribution in [1.82, 2.24) is 4.90 Å². The first-order valence-electron chi connectivity index (χ1n) is 3.87. The van der Waals surface area contributed by atoms with Gasteiger partial charge in [0.15, 0.2) is 6.19 Å². The normalized spacial score (nSPS) is 33.5. The van der Waals surface area contributed by atoms with Crippen LogP contribution in [0.25, 0.3) is 0 Å². The van der Waals surface area contributed by atoms with Crippen molar-refractivity contribution in [3.05, 3.63) is 0 Å². The van der Waals surface area contributed by atoms with Gasteiger partial charge in [-0.15, -0.1) is 0 Å². The summed E-state index contributed by atoms with van der Waals surface area (Å²) in [6.45, 7) is 6.34. The first-order valence-corrected chi connectivity index (χ1v) is 3.87. The van der Waals surface area contributed by atoms with Gasteiger partial charge in [-0.1, -0.05) is 13.8 Å². The van der Waals surface area contributed by atoms with Crippen LogP contribution in [-0.4, -0.2) is 18.0 Å². The molecule has 2 heteroatoms. The van der Waals surface area contributed by atoms with Gasteiger partial charge in [0.2, 0.25) is 0 Å². The molecule has 1 saturated heterocycles. The van der Waals surface area contributed by atoms with Crippen molar-refractivity contribution in [3.8, 4) is 6.19 Å². The molecule has 2 unspecified atom stereocenters. The Morgan fingerprint density at radius 3 is 2.20 bits per heavy atom. The molecular formula is C8H14N2. The Morgan fingerprint density at radius 1 is 1.30 bits per heavy atom. The van der Waals surface area contributed by atoms with Gasteiger partial charge in [0.25, 0.3) is 0 Å². The SMILES string of the molecule is CC1CC(C)CN(C#N)C1. The van der Waals surface area contributed by atoms with Gasteiger partial charge in [-0.3, -0.25) is 0 Å². The van der Waals surface area contributed by atoms with E-state index in [1.165, 1.54) is 6.42 Å². The zero-order valence-electron chi connectivity index (χ0n) is 6.67. The predicted molar refractivity (Wildman–Crippen MR) is 40.1 cm³/mol. The van der Waals surface area contributed by atoms with E-state index < -0.39 is 0 Å². The lowest BCUT2D eigenvalue weighted by molar-refractivity contribution is 0.201. The van der Waals surface area contributed by atoms with Crippen molar-refractivity contribution < 1.29 is 0 Å². The molecule has 1 aliphatic rings. The number of nitriles is 1. The van der Waals surface area contributed by atoms with Gasteiger partial charge in [-0.2, -0.15) is 5.26 Å². The van der Waals surface area contributed by atoms with Crippen LogP contribution < -0.4 is 0 Å². The molecular weight excluding hydrogens is 124 g/mol. The van der Waals surface area contributed by atoms with Gasteiger partial charge in [0, 0.05) is 13.1 Å². The Balaban J connectivity index is 2.44. The summed E-state index contributed by atoms with van der Waals surface area (Å²) < 4.78 is 0. The summed E-state index contributed by atoms with van der Waals surface area (Å²) in [6, 6.07) is 0. The van der Waals surface area contributed by atoms with Gasteiger partial charge in [0.05, 0.1) is 0 Å². The van der Waals surface area contributed by atoms with E-state index in [1.54, 1.807) is 0 Å². The summed E-state index contributed by atoms with van der Waals surface area (Å²) in [5.41, 5.74) is 0. The molecule has 2 atom stereocenters. The lowest BCUT2D eigenvalue weighted by atomic mass is 9.92. The topological polar surface area (TPSA) is 27.0 Å². The highest BCUT2D eigenvalue weighted by Crippen LogP contribution is 2.19. The van der Waals surface area contributed by atoms with Gasteiger partial charge in [-0.05, 0) is 18.3 Å². The van der Waals surface area contributed by atoms with Crippen LogP contribution in [0.4, 0.5) is 0 Å². The summed E-state index contributed by atoms with van der Waals surface area (Å²) in [5.74, 6) is 1.40. The van der Waals surface area contributed by atoms with E-state index in [0.29, 0.717) is 11.8 Å². The van der Waals surface area contributed by atoms with E-state index in [1.807, 2.05) is 4.90 Å². The van der Waals surface area contributed by atoms with Crippen LogP contribution in [0, 0.1) is 23.3 Å². The van der Waals surface area contributed by atoms with Crippen LogP contribution in [-0.2, 0) is 0 Å². The van der Waals surface area contributed by atoms with Crippen LogP contribution in [0.15, 0.2) is 0 Å². The highest BCUT2D eigenvalue weighted by atomic mass is 15.1. The molecule has 0 aliphatic carbocycles. The van der Waals surface area contributed by atoms with E-state index in [0.717, 1.165) is 13.1 Å². The van der Waals surface area contributed by atoms with Crippen LogP contribution in [0.1, 0.15) is 20.3 Å². The molecule has 10 heavy (non-hydrogen) atoms. The summed E-state index contributed by atoms with van der Waals surface area (Å²) in [4.78, 5) is 1.86. The molecule has 0 saturated carbocycles. The van der Waals surface area contributed by atoms with Crippen LogP contribution in [0.5, 0.6) is 0 Å². The highest BCUT2D eigenvalue weighted by molar-refractivity contribution is 4.82. The second-order valence-corrected chi connectivity index (χ2v) is 3.45. The Hall–Kier alpha value is -0.710. The molecule has 0 bridgehead atoms. The van der Waals surface area contributed by atoms with Crippen molar-refractivity contribution in [3.63, 3.8) is 0 Å². The second kappa shape index (κ2) is 2.92. The van der Waals surface area contributed by atoms with Crippen LogP contribution >= 0.6 is 0 Å². The predicted octanol–water partition coefficient (Wildman–Crippen LogP) is 1.45. The number of rotatable bonds is 0. The Bertz CT molecular complexity index is 138. The fourth-order valence-electron chi connectivity index (χ4n) is 1.74. The minimum atomic E-state index is 0.698. The fraction of sp³-hybridized carbons (Fsp3) is 0.875. The van der Waals surface area contributed by atoms with Gasteiger partial charge < -0.3 is 4.90 Å². The van der Waals surface area contributed by atoms with Crippen molar-refractivity contribution in [2.45, 2.75) is 20.3 Å². The average molecular weight is 138 g/mol. The zero-order valence-corrected chi connectivity index (χ0v) is 6.67.